The number of nitrogens with zero attached hydrogens (tertiary/aromatic N) is 1. The predicted octanol–water partition coefficient (Wildman–Crippen LogP) is 2.80. The second-order valence-electron chi connectivity index (χ2n) is 2.33. The molecular formula is C10H19NO. The fourth-order valence-electron chi connectivity index (χ4n) is 0.932. The summed E-state index contributed by atoms with van der Waals surface area (Å²) in [6.45, 7) is 4.78. The maximum atomic E-state index is 4.93. The van der Waals surface area contributed by atoms with Crippen LogP contribution in [0.1, 0.15) is 33.1 Å². The number of hydrogen-bond donors (Lipinski definition) is 0. The number of allylic oxidation sites excluding steroid dienone is 1. The highest BCUT2D eigenvalue weighted by Gasteiger charge is 1.96. The predicted molar refractivity (Wildman–Crippen MR) is 53.7 cm³/mol. The van der Waals surface area contributed by atoms with Gasteiger partial charge in [-0.15, -0.1) is 0 Å². The normalized spacial score (nSPS) is 14.8. The molecule has 0 spiro atoms. The summed E-state index contributed by atoms with van der Waals surface area (Å²) in [6.07, 6.45) is 7.34. The van der Waals surface area contributed by atoms with Crippen molar-refractivity contribution in [2.24, 2.45) is 4.99 Å². The lowest BCUT2D eigenvalue weighted by molar-refractivity contribution is 0.202. The van der Waals surface area contributed by atoms with E-state index in [-0.39, 0.29) is 0 Å². The summed E-state index contributed by atoms with van der Waals surface area (Å²) in [5, 5.41) is 0. The van der Waals surface area contributed by atoms with Crippen LogP contribution in [0.15, 0.2) is 16.8 Å². The third-order valence-corrected chi connectivity index (χ3v) is 1.50. The average molecular weight is 169 g/mol. The largest absolute Gasteiger partial charge is 0.384 e. The van der Waals surface area contributed by atoms with Gasteiger partial charge in [-0.2, -0.15) is 0 Å². The zero-order valence-electron chi connectivity index (χ0n) is 8.34. The van der Waals surface area contributed by atoms with E-state index in [0.717, 1.165) is 25.9 Å². The number of aliphatic imine (C=N–C) groups is 1. The molecular weight excluding hydrogens is 150 g/mol. The van der Waals surface area contributed by atoms with Crippen molar-refractivity contribution in [3.8, 4) is 0 Å². The zero-order chi connectivity index (χ0) is 9.23. The molecule has 0 amide bonds. The molecule has 1 aliphatic rings. The van der Waals surface area contributed by atoms with E-state index in [4.69, 9.17) is 4.74 Å². The maximum absolute atomic E-state index is 4.93. The minimum absolute atomic E-state index is 0.781. The van der Waals surface area contributed by atoms with Crippen LogP contribution in [0.4, 0.5) is 0 Å². The van der Waals surface area contributed by atoms with E-state index in [1.165, 1.54) is 5.70 Å². The van der Waals surface area contributed by atoms with Gasteiger partial charge in [-0.25, -0.2) is 0 Å². The number of rotatable bonds is 3. The monoisotopic (exact) mass is 169 g/mol. The van der Waals surface area contributed by atoms with E-state index < -0.39 is 0 Å². The molecule has 0 saturated heterocycles. The summed E-state index contributed by atoms with van der Waals surface area (Å²) < 4.78 is 4.93. The molecule has 2 nitrogen and oxygen atoms in total. The molecule has 0 N–H and O–H groups in total. The van der Waals surface area contributed by atoms with Crippen molar-refractivity contribution in [1.82, 2.24) is 0 Å². The third-order valence-electron chi connectivity index (χ3n) is 1.50. The van der Waals surface area contributed by atoms with Gasteiger partial charge in [-0.3, -0.25) is 4.99 Å². The first-order chi connectivity index (χ1) is 5.93. The summed E-state index contributed by atoms with van der Waals surface area (Å²) in [4.78, 5) is 4.22. The van der Waals surface area contributed by atoms with Gasteiger partial charge in [0.15, 0.2) is 0 Å². The summed E-state index contributed by atoms with van der Waals surface area (Å²) in [6, 6.07) is 0. The molecule has 0 aromatic carbocycles. The van der Waals surface area contributed by atoms with Crippen LogP contribution in [0.3, 0.4) is 0 Å². The van der Waals surface area contributed by atoms with Gasteiger partial charge in [-0.05, 0) is 12.8 Å². The van der Waals surface area contributed by atoms with Gasteiger partial charge in [0.2, 0.25) is 0 Å². The van der Waals surface area contributed by atoms with Crippen LogP contribution < -0.4 is 0 Å². The van der Waals surface area contributed by atoms with Crippen LogP contribution in [0.5, 0.6) is 0 Å². The Morgan fingerprint density at radius 1 is 1.42 bits per heavy atom. The minimum atomic E-state index is 0.781. The van der Waals surface area contributed by atoms with Crippen LogP contribution in [0.25, 0.3) is 0 Å². The Bertz CT molecular complexity index is 150. The number of hydrogen-bond acceptors (Lipinski definition) is 2. The van der Waals surface area contributed by atoms with Gasteiger partial charge < -0.3 is 4.74 Å². The standard InChI is InChI=1S/C8H13NO.C2H6/c1-10-7-5-8-4-2-3-6-9-8;1-2/h4,6H,2-3,5,7H2,1H3;1-2H3. The van der Waals surface area contributed by atoms with E-state index in [1.807, 2.05) is 20.1 Å². The quantitative estimate of drug-likeness (QED) is 0.636. The van der Waals surface area contributed by atoms with Gasteiger partial charge >= 0.3 is 0 Å². The van der Waals surface area contributed by atoms with Crippen LogP contribution in [0, 0.1) is 0 Å². The molecule has 1 aliphatic heterocycles. The molecule has 0 saturated carbocycles. The van der Waals surface area contributed by atoms with Crippen molar-refractivity contribution in [1.29, 1.82) is 0 Å². The second-order valence-corrected chi connectivity index (χ2v) is 2.33. The van der Waals surface area contributed by atoms with Gasteiger partial charge in [0.05, 0.1) is 6.61 Å². The molecule has 70 valence electrons. The van der Waals surface area contributed by atoms with Crippen LogP contribution in [0.2, 0.25) is 0 Å². The zero-order valence-corrected chi connectivity index (χ0v) is 8.34. The number of ether oxygens (including phenoxy) is 1. The topological polar surface area (TPSA) is 21.6 Å². The molecule has 1 rings (SSSR count). The lowest BCUT2D eigenvalue weighted by Crippen LogP contribution is -1.93. The van der Waals surface area contributed by atoms with Crippen LogP contribution in [-0.4, -0.2) is 19.9 Å². The molecule has 0 atom stereocenters. The molecule has 0 radical (unpaired) electrons. The van der Waals surface area contributed by atoms with Crippen molar-refractivity contribution in [2.75, 3.05) is 13.7 Å². The van der Waals surface area contributed by atoms with Crippen molar-refractivity contribution in [3.63, 3.8) is 0 Å². The highest BCUT2D eigenvalue weighted by atomic mass is 16.5. The second kappa shape index (κ2) is 8.47. The van der Waals surface area contributed by atoms with Gasteiger partial charge in [0, 0.05) is 25.4 Å². The van der Waals surface area contributed by atoms with Crippen LogP contribution in [-0.2, 0) is 4.74 Å². The van der Waals surface area contributed by atoms with Gasteiger partial charge in [-0.1, -0.05) is 19.9 Å². The van der Waals surface area contributed by atoms with E-state index >= 15 is 0 Å². The van der Waals surface area contributed by atoms with E-state index in [2.05, 4.69) is 11.1 Å². The summed E-state index contributed by atoms with van der Waals surface area (Å²) >= 11 is 0. The van der Waals surface area contributed by atoms with Crippen molar-refractivity contribution < 1.29 is 4.74 Å². The summed E-state index contributed by atoms with van der Waals surface area (Å²) in [5.41, 5.74) is 1.17. The van der Waals surface area contributed by atoms with Gasteiger partial charge in [0.1, 0.15) is 0 Å². The van der Waals surface area contributed by atoms with Crippen molar-refractivity contribution in [2.45, 2.75) is 33.1 Å². The van der Waals surface area contributed by atoms with Crippen LogP contribution >= 0.6 is 0 Å². The van der Waals surface area contributed by atoms with E-state index in [9.17, 15) is 0 Å². The first kappa shape index (κ1) is 11.4. The fourth-order valence-corrected chi connectivity index (χ4v) is 0.932. The Balaban J connectivity index is 0.000000561. The highest BCUT2D eigenvalue weighted by molar-refractivity contribution is 5.60. The molecule has 1 heterocycles. The average Bonchev–Trinajstić information content (AvgIpc) is 2.19. The Hall–Kier alpha value is -0.630. The van der Waals surface area contributed by atoms with Crippen molar-refractivity contribution in [3.05, 3.63) is 11.8 Å². The first-order valence-corrected chi connectivity index (χ1v) is 4.64. The Morgan fingerprint density at radius 2 is 2.17 bits per heavy atom. The Labute approximate surface area is 75.3 Å². The summed E-state index contributed by atoms with van der Waals surface area (Å²) in [7, 11) is 1.72. The fraction of sp³-hybridized carbons (Fsp3) is 0.700. The van der Waals surface area contributed by atoms with Crippen molar-refractivity contribution >= 4 is 6.21 Å². The molecule has 0 unspecified atom stereocenters. The highest BCUT2D eigenvalue weighted by Crippen LogP contribution is 2.09. The molecule has 0 aliphatic carbocycles. The number of methoxy groups -OCH3 is 1. The lowest BCUT2D eigenvalue weighted by Gasteiger charge is -2.04. The SMILES string of the molecule is CC.COCCC1=CCCC=N1. The van der Waals surface area contributed by atoms with E-state index in [1.54, 1.807) is 7.11 Å². The maximum Gasteiger partial charge on any atom is 0.0517 e. The molecule has 2 heteroatoms. The smallest absolute Gasteiger partial charge is 0.0517 e. The van der Waals surface area contributed by atoms with E-state index in [0.29, 0.717) is 0 Å². The molecule has 0 aromatic heterocycles. The molecule has 0 bridgehead atoms. The lowest BCUT2D eigenvalue weighted by atomic mass is 10.2. The Morgan fingerprint density at radius 3 is 2.67 bits per heavy atom. The third kappa shape index (κ3) is 5.08. The molecule has 0 aromatic rings. The Kier molecular flexibility index (Phi) is 8.02. The minimum Gasteiger partial charge on any atom is -0.384 e. The molecule has 0 fully saturated rings. The first-order valence-electron chi connectivity index (χ1n) is 4.64. The summed E-state index contributed by atoms with van der Waals surface area (Å²) in [5.74, 6) is 0. The van der Waals surface area contributed by atoms with Gasteiger partial charge in [0.25, 0.3) is 0 Å². The molecule has 12 heavy (non-hydrogen) atoms.